The van der Waals surface area contributed by atoms with Crippen LogP contribution in [0.5, 0.6) is 0 Å². The third-order valence-electron chi connectivity index (χ3n) is 3.11. The summed E-state index contributed by atoms with van der Waals surface area (Å²) in [4.78, 5) is 26.4. The number of aromatic nitrogens is 2. The highest BCUT2D eigenvalue weighted by Gasteiger charge is 2.35. The molecule has 1 amide bonds. The van der Waals surface area contributed by atoms with Gasteiger partial charge in [-0.05, 0) is 18.8 Å². The van der Waals surface area contributed by atoms with Crippen molar-refractivity contribution in [1.82, 2.24) is 14.9 Å². The zero-order valence-corrected chi connectivity index (χ0v) is 10.3. The first-order valence-electron chi connectivity index (χ1n) is 6.06. The third-order valence-corrected chi connectivity index (χ3v) is 3.11. The highest BCUT2D eigenvalue weighted by molar-refractivity contribution is 5.80. The van der Waals surface area contributed by atoms with Crippen molar-refractivity contribution in [3.63, 3.8) is 0 Å². The number of nitrogens with zero attached hydrogens (tertiary/aromatic N) is 2. The van der Waals surface area contributed by atoms with Crippen LogP contribution in [-0.4, -0.2) is 26.5 Å². The van der Waals surface area contributed by atoms with Gasteiger partial charge in [-0.3, -0.25) is 9.59 Å². The number of nitrogens with one attached hydrogen (secondary N) is 1. The zero-order chi connectivity index (χ0) is 13.1. The Morgan fingerprint density at radius 2 is 2.28 bits per heavy atom. The van der Waals surface area contributed by atoms with Gasteiger partial charge in [0.15, 0.2) is 0 Å². The second-order valence-corrected chi connectivity index (χ2v) is 4.67. The lowest BCUT2D eigenvalue weighted by molar-refractivity contribution is -0.139. The van der Waals surface area contributed by atoms with Crippen molar-refractivity contribution in [2.75, 3.05) is 0 Å². The van der Waals surface area contributed by atoms with E-state index in [-0.39, 0.29) is 24.8 Å². The molecule has 2 rings (SSSR count). The number of hydrogen-bond acceptors (Lipinski definition) is 3. The Kier molecular flexibility index (Phi) is 3.64. The van der Waals surface area contributed by atoms with Crippen molar-refractivity contribution in [2.45, 2.75) is 31.7 Å². The number of imidazole rings is 1. The third kappa shape index (κ3) is 3.09. The minimum Gasteiger partial charge on any atom is -0.481 e. The van der Waals surface area contributed by atoms with Crippen molar-refractivity contribution in [1.29, 1.82) is 0 Å². The summed E-state index contributed by atoms with van der Waals surface area (Å²) >= 11 is 0. The van der Waals surface area contributed by atoms with E-state index in [1.165, 1.54) is 0 Å². The Bertz CT molecular complexity index is 451. The van der Waals surface area contributed by atoms with Gasteiger partial charge < -0.3 is 15.0 Å². The quantitative estimate of drug-likeness (QED) is 0.785. The monoisotopic (exact) mass is 251 g/mol. The molecule has 1 atom stereocenters. The van der Waals surface area contributed by atoms with E-state index in [1.54, 1.807) is 6.20 Å². The maximum Gasteiger partial charge on any atom is 0.303 e. The van der Waals surface area contributed by atoms with Crippen molar-refractivity contribution in [2.24, 2.45) is 13.0 Å². The van der Waals surface area contributed by atoms with Gasteiger partial charge in [0.2, 0.25) is 5.91 Å². The molecule has 1 unspecified atom stereocenters. The molecule has 0 radical (unpaired) electrons. The number of carbonyl (C=O) groups is 2. The normalized spacial score (nSPS) is 16.3. The standard InChI is InChI=1S/C12H17N3O3/c1-15-7-6-13-12(15)11(8-2-3-8)14-9(16)4-5-10(17)18/h6-8,11H,2-5H2,1H3,(H,14,16)(H,17,18). The van der Waals surface area contributed by atoms with Crippen LogP contribution in [0.25, 0.3) is 0 Å². The maximum atomic E-state index is 11.7. The van der Waals surface area contributed by atoms with Gasteiger partial charge in [-0.25, -0.2) is 4.98 Å². The van der Waals surface area contributed by atoms with E-state index in [0.717, 1.165) is 18.7 Å². The fourth-order valence-electron chi connectivity index (χ4n) is 1.97. The molecule has 1 aliphatic carbocycles. The Balaban J connectivity index is 1.97. The van der Waals surface area contributed by atoms with E-state index in [9.17, 15) is 9.59 Å². The molecule has 1 aromatic heterocycles. The summed E-state index contributed by atoms with van der Waals surface area (Å²) in [6, 6.07) is -0.0914. The smallest absolute Gasteiger partial charge is 0.303 e. The van der Waals surface area contributed by atoms with Crippen LogP contribution >= 0.6 is 0 Å². The number of aryl methyl sites for hydroxylation is 1. The molecule has 1 heterocycles. The lowest BCUT2D eigenvalue weighted by atomic mass is 10.1. The molecule has 98 valence electrons. The zero-order valence-electron chi connectivity index (χ0n) is 10.3. The fourth-order valence-corrected chi connectivity index (χ4v) is 1.97. The molecule has 0 aromatic carbocycles. The molecular weight excluding hydrogens is 234 g/mol. The van der Waals surface area contributed by atoms with E-state index < -0.39 is 5.97 Å². The molecule has 0 bridgehead atoms. The molecule has 1 aromatic rings. The van der Waals surface area contributed by atoms with Crippen molar-refractivity contribution >= 4 is 11.9 Å². The van der Waals surface area contributed by atoms with E-state index in [2.05, 4.69) is 10.3 Å². The van der Waals surface area contributed by atoms with Gasteiger partial charge in [0.25, 0.3) is 0 Å². The summed E-state index contributed by atoms with van der Waals surface area (Å²) in [7, 11) is 1.89. The molecule has 1 aliphatic rings. The van der Waals surface area contributed by atoms with Crippen LogP contribution in [0, 0.1) is 5.92 Å². The first-order chi connectivity index (χ1) is 8.58. The van der Waals surface area contributed by atoms with Crippen LogP contribution in [0.3, 0.4) is 0 Å². The van der Waals surface area contributed by atoms with E-state index in [1.807, 2.05) is 17.8 Å². The van der Waals surface area contributed by atoms with Crippen LogP contribution < -0.4 is 5.32 Å². The van der Waals surface area contributed by atoms with Crippen LogP contribution in [0.1, 0.15) is 37.5 Å². The molecular formula is C12H17N3O3. The number of rotatable bonds is 6. The maximum absolute atomic E-state index is 11.7. The van der Waals surface area contributed by atoms with Crippen LogP contribution in [0.2, 0.25) is 0 Å². The minimum atomic E-state index is -0.954. The van der Waals surface area contributed by atoms with Gasteiger partial charge in [0.1, 0.15) is 5.82 Å². The average molecular weight is 251 g/mol. The van der Waals surface area contributed by atoms with E-state index in [0.29, 0.717) is 5.92 Å². The van der Waals surface area contributed by atoms with Gasteiger partial charge in [0.05, 0.1) is 12.5 Å². The second kappa shape index (κ2) is 5.20. The number of carboxylic acid groups (broad SMARTS) is 1. The predicted molar refractivity (Wildman–Crippen MR) is 63.7 cm³/mol. The Hall–Kier alpha value is -1.85. The summed E-state index contributed by atoms with van der Waals surface area (Å²) in [6.07, 6.45) is 5.59. The van der Waals surface area contributed by atoms with E-state index in [4.69, 9.17) is 5.11 Å². The largest absolute Gasteiger partial charge is 0.481 e. The SMILES string of the molecule is Cn1ccnc1C(NC(=O)CCC(=O)O)C1CC1. The molecule has 2 N–H and O–H groups in total. The van der Waals surface area contributed by atoms with Crippen LogP contribution in [0.15, 0.2) is 12.4 Å². The summed E-state index contributed by atoms with van der Waals surface area (Å²) in [5, 5.41) is 11.4. The first kappa shape index (κ1) is 12.6. The minimum absolute atomic E-state index is 0.0168. The molecule has 0 saturated heterocycles. The van der Waals surface area contributed by atoms with Gasteiger partial charge in [-0.1, -0.05) is 0 Å². The molecule has 1 saturated carbocycles. The summed E-state index contributed by atoms with van der Waals surface area (Å²) in [5.41, 5.74) is 0. The lowest BCUT2D eigenvalue weighted by Crippen LogP contribution is -2.31. The Labute approximate surface area is 105 Å². The lowest BCUT2D eigenvalue weighted by Gasteiger charge is -2.17. The average Bonchev–Trinajstić information content (AvgIpc) is 3.07. The highest BCUT2D eigenvalue weighted by atomic mass is 16.4. The molecule has 18 heavy (non-hydrogen) atoms. The fraction of sp³-hybridized carbons (Fsp3) is 0.583. The Morgan fingerprint density at radius 3 is 2.78 bits per heavy atom. The topological polar surface area (TPSA) is 84.2 Å². The second-order valence-electron chi connectivity index (χ2n) is 4.67. The number of hydrogen-bond donors (Lipinski definition) is 2. The summed E-state index contributed by atoms with van der Waals surface area (Å²) in [5.74, 6) is 0.0865. The van der Waals surface area contributed by atoms with Crippen molar-refractivity contribution < 1.29 is 14.7 Å². The summed E-state index contributed by atoms with van der Waals surface area (Å²) in [6.45, 7) is 0. The van der Waals surface area contributed by atoms with Gasteiger partial charge in [-0.2, -0.15) is 0 Å². The molecule has 6 nitrogen and oxygen atoms in total. The Morgan fingerprint density at radius 1 is 1.56 bits per heavy atom. The van der Waals surface area contributed by atoms with Crippen molar-refractivity contribution in [3.8, 4) is 0 Å². The first-order valence-corrected chi connectivity index (χ1v) is 6.06. The molecule has 0 spiro atoms. The van der Waals surface area contributed by atoms with Gasteiger partial charge in [0, 0.05) is 25.9 Å². The van der Waals surface area contributed by atoms with Gasteiger partial charge in [-0.15, -0.1) is 0 Å². The number of amides is 1. The van der Waals surface area contributed by atoms with Crippen LogP contribution in [-0.2, 0) is 16.6 Å². The van der Waals surface area contributed by atoms with E-state index >= 15 is 0 Å². The number of carbonyl (C=O) groups excluding carboxylic acids is 1. The van der Waals surface area contributed by atoms with Gasteiger partial charge >= 0.3 is 5.97 Å². The predicted octanol–water partition coefficient (Wildman–Crippen LogP) is 0.852. The van der Waals surface area contributed by atoms with Crippen molar-refractivity contribution in [3.05, 3.63) is 18.2 Å². The van der Waals surface area contributed by atoms with Crippen LogP contribution in [0.4, 0.5) is 0 Å². The molecule has 0 aliphatic heterocycles. The molecule has 1 fully saturated rings. The highest BCUT2D eigenvalue weighted by Crippen LogP contribution is 2.40. The summed E-state index contributed by atoms with van der Waals surface area (Å²) < 4.78 is 1.89. The molecule has 6 heteroatoms. The number of carboxylic acids is 1. The number of aliphatic carboxylic acids is 1.